The summed E-state index contributed by atoms with van der Waals surface area (Å²) in [5, 5.41) is 7.83. The molecule has 256 valence electrons. The van der Waals surface area contributed by atoms with Crippen molar-refractivity contribution < 1.29 is 0 Å². The van der Waals surface area contributed by atoms with Crippen LogP contribution in [0.25, 0.3) is 88.0 Å². The van der Waals surface area contributed by atoms with E-state index in [1.165, 1.54) is 110 Å². The third-order valence-electron chi connectivity index (χ3n) is 12.8. The molecule has 0 unspecified atom stereocenters. The monoisotopic (exact) mass is 688 g/mol. The maximum Gasteiger partial charge on any atom is 0.0162 e. The Hall–Kier alpha value is -6.24. The van der Waals surface area contributed by atoms with Gasteiger partial charge < -0.3 is 0 Å². The molecule has 0 saturated carbocycles. The average Bonchev–Trinajstić information content (AvgIpc) is 3.59. The largest absolute Gasteiger partial charge is 0.0616 e. The highest BCUT2D eigenvalue weighted by molar-refractivity contribution is 6.13. The lowest BCUT2D eigenvalue weighted by Gasteiger charge is -2.31. The lowest BCUT2D eigenvalue weighted by atomic mass is 9.71. The van der Waals surface area contributed by atoms with E-state index in [9.17, 15) is 0 Å². The summed E-state index contributed by atoms with van der Waals surface area (Å²) in [5.41, 5.74) is 18.6. The first-order valence-electron chi connectivity index (χ1n) is 19.3. The highest BCUT2D eigenvalue weighted by Crippen LogP contribution is 2.62. The molecule has 0 spiro atoms. The maximum absolute atomic E-state index is 2.48. The van der Waals surface area contributed by atoms with Gasteiger partial charge in [-0.3, -0.25) is 0 Å². The van der Waals surface area contributed by atoms with E-state index < -0.39 is 0 Å². The molecule has 0 aromatic heterocycles. The molecule has 0 amide bonds. The molecule has 0 radical (unpaired) electrons. The van der Waals surface area contributed by atoms with Crippen LogP contribution in [0.1, 0.15) is 49.9 Å². The summed E-state index contributed by atoms with van der Waals surface area (Å²) in [6.07, 6.45) is 0. The van der Waals surface area contributed by atoms with Gasteiger partial charge in [0, 0.05) is 10.8 Å². The molecule has 2 aliphatic rings. The van der Waals surface area contributed by atoms with Crippen LogP contribution in [-0.4, -0.2) is 0 Å². The van der Waals surface area contributed by atoms with E-state index in [0.29, 0.717) is 0 Å². The van der Waals surface area contributed by atoms with Crippen molar-refractivity contribution in [2.45, 2.75) is 38.5 Å². The van der Waals surface area contributed by atoms with Gasteiger partial charge in [0.2, 0.25) is 0 Å². The first kappa shape index (κ1) is 31.3. The molecule has 0 heteroatoms. The minimum absolute atomic E-state index is 0.175. The second kappa shape index (κ2) is 11.1. The minimum Gasteiger partial charge on any atom is -0.0616 e. The van der Waals surface area contributed by atoms with Gasteiger partial charge in [-0.05, 0) is 128 Å². The van der Waals surface area contributed by atoms with Crippen LogP contribution >= 0.6 is 0 Å². The van der Waals surface area contributed by atoms with Crippen LogP contribution in [0.2, 0.25) is 0 Å². The van der Waals surface area contributed by atoms with Crippen LogP contribution in [0.5, 0.6) is 0 Å². The molecule has 9 aromatic rings. The smallest absolute Gasteiger partial charge is 0.0162 e. The van der Waals surface area contributed by atoms with E-state index in [0.717, 1.165) is 0 Å². The fraction of sp³-hybridized carbons (Fsp3) is 0.111. The van der Waals surface area contributed by atoms with Crippen molar-refractivity contribution in [3.8, 4) is 55.6 Å². The third kappa shape index (κ3) is 4.32. The number of fused-ring (bicyclic) bond motifs is 12. The maximum atomic E-state index is 2.48. The van der Waals surface area contributed by atoms with E-state index in [-0.39, 0.29) is 10.8 Å². The highest BCUT2D eigenvalue weighted by atomic mass is 14.5. The lowest BCUT2D eigenvalue weighted by Crippen LogP contribution is -2.24. The fourth-order valence-corrected chi connectivity index (χ4v) is 10.1. The Kier molecular flexibility index (Phi) is 6.46. The normalized spacial score (nSPS) is 14.6. The van der Waals surface area contributed by atoms with Gasteiger partial charge in [-0.2, -0.15) is 0 Å². The topological polar surface area (TPSA) is 0 Å². The van der Waals surface area contributed by atoms with Crippen LogP contribution in [0, 0.1) is 0 Å². The van der Waals surface area contributed by atoms with Gasteiger partial charge in [0.15, 0.2) is 0 Å². The zero-order chi connectivity index (χ0) is 36.3. The van der Waals surface area contributed by atoms with Gasteiger partial charge in [0.05, 0.1) is 0 Å². The molecule has 11 rings (SSSR count). The van der Waals surface area contributed by atoms with Crippen molar-refractivity contribution in [1.82, 2.24) is 0 Å². The van der Waals surface area contributed by atoms with Crippen LogP contribution in [0.3, 0.4) is 0 Å². The predicted molar refractivity (Wildman–Crippen MR) is 230 cm³/mol. The molecular weight excluding hydrogens is 649 g/mol. The van der Waals surface area contributed by atoms with Gasteiger partial charge >= 0.3 is 0 Å². The van der Waals surface area contributed by atoms with Crippen LogP contribution < -0.4 is 0 Å². The second-order valence-corrected chi connectivity index (χ2v) is 16.5. The Bertz CT molecular complexity index is 3020. The third-order valence-corrected chi connectivity index (χ3v) is 12.8. The van der Waals surface area contributed by atoms with Crippen molar-refractivity contribution in [3.63, 3.8) is 0 Å². The molecule has 0 atom stereocenters. The van der Waals surface area contributed by atoms with Gasteiger partial charge in [0.1, 0.15) is 0 Å². The van der Waals surface area contributed by atoms with Crippen molar-refractivity contribution in [3.05, 3.63) is 192 Å². The summed E-state index contributed by atoms with van der Waals surface area (Å²) in [4.78, 5) is 0. The van der Waals surface area contributed by atoms with Crippen LogP contribution in [0.15, 0.2) is 170 Å². The van der Waals surface area contributed by atoms with E-state index in [1.54, 1.807) is 0 Å². The highest BCUT2D eigenvalue weighted by Gasteiger charge is 2.47. The van der Waals surface area contributed by atoms with Crippen molar-refractivity contribution in [1.29, 1.82) is 0 Å². The Morgan fingerprint density at radius 1 is 0.296 bits per heavy atom. The quantitative estimate of drug-likeness (QED) is 0.173. The van der Waals surface area contributed by atoms with Gasteiger partial charge in [0.25, 0.3) is 0 Å². The molecule has 0 heterocycles. The Morgan fingerprint density at radius 3 is 1.37 bits per heavy atom. The van der Waals surface area contributed by atoms with Gasteiger partial charge in [-0.1, -0.05) is 179 Å². The molecule has 0 nitrogen and oxygen atoms in total. The summed E-state index contributed by atoms with van der Waals surface area (Å²) in [6, 6.07) is 63.6. The number of benzene rings is 9. The molecule has 0 aliphatic heterocycles. The van der Waals surface area contributed by atoms with Crippen molar-refractivity contribution >= 4 is 32.3 Å². The molecule has 2 aliphatic carbocycles. The first-order valence-corrected chi connectivity index (χ1v) is 19.3. The molecule has 0 N–H and O–H groups in total. The van der Waals surface area contributed by atoms with Crippen LogP contribution in [0.4, 0.5) is 0 Å². The predicted octanol–water partition coefficient (Wildman–Crippen LogP) is 14.8. The van der Waals surface area contributed by atoms with E-state index >= 15 is 0 Å². The summed E-state index contributed by atoms with van der Waals surface area (Å²) < 4.78 is 0. The number of rotatable bonds is 3. The summed E-state index contributed by atoms with van der Waals surface area (Å²) in [5.74, 6) is 0. The molecule has 54 heavy (non-hydrogen) atoms. The molecule has 9 aromatic carbocycles. The van der Waals surface area contributed by atoms with E-state index in [4.69, 9.17) is 0 Å². The van der Waals surface area contributed by atoms with Crippen molar-refractivity contribution in [2.75, 3.05) is 0 Å². The van der Waals surface area contributed by atoms with Crippen LogP contribution in [-0.2, 0) is 10.8 Å². The fourth-order valence-electron chi connectivity index (χ4n) is 10.1. The summed E-state index contributed by atoms with van der Waals surface area (Å²) in [6.45, 7) is 9.83. The second-order valence-electron chi connectivity index (χ2n) is 16.5. The molecule has 0 bridgehead atoms. The summed E-state index contributed by atoms with van der Waals surface area (Å²) >= 11 is 0. The van der Waals surface area contributed by atoms with E-state index in [1.807, 2.05) is 0 Å². The Balaban J connectivity index is 1.05. The zero-order valence-electron chi connectivity index (χ0n) is 31.2. The zero-order valence-corrected chi connectivity index (χ0v) is 31.2. The molecular formula is C54H40. The molecule has 0 saturated heterocycles. The Labute approximate surface area is 317 Å². The van der Waals surface area contributed by atoms with E-state index in [2.05, 4.69) is 198 Å². The molecule has 0 fully saturated rings. The van der Waals surface area contributed by atoms with Gasteiger partial charge in [-0.15, -0.1) is 0 Å². The minimum atomic E-state index is -0.182. The first-order chi connectivity index (χ1) is 26.3. The SMILES string of the molecule is CC1(C)c2cc(-c3ccc(-c4cccc5ccccc45)cc3)ccc2-c2c1c1c(c3ccccc23)-c2ccc(-c3ccc4ccccc4c3)cc2C1(C)C. The number of hydrogen-bond donors (Lipinski definition) is 0. The lowest BCUT2D eigenvalue weighted by molar-refractivity contribution is 0.602. The standard InChI is InChI=1S/C54H40/c1-53(2)47-31-39(34-20-23-36(24-21-34)42-19-11-15-35-13-7-8-16-41(35)42)26-28-45(47)49-43-17-9-10-18-44(43)50-46-29-27-40(32-48(46)54(3,4)52(50)51(49)53)38-25-22-33-12-5-6-14-37(33)30-38/h5-32H,1-4H3. The Morgan fingerprint density at radius 2 is 0.741 bits per heavy atom. The van der Waals surface area contributed by atoms with Gasteiger partial charge in [-0.25, -0.2) is 0 Å². The number of hydrogen-bond acceptors (Lipinski definition) is 0. The average molecular weight is 689 g/mol. The van der Waals surface area contributed by atoms with Crippen molar-refractivity contribution in [2.24, 2.45) is 0 Å². The summed E-state index contributed by atoms with van der Waals surface area (Å²) in [7, 11) is 0.